The van der Waals surface area contributed by atoms with Crippen molar-refractivity contribution in [1.82, 2.24) is 5.32 Å². The molecule has 1 unspecified atom stereocenters. The topological polar surface area (TPSA) is 47.6 Å². The molecule has 0 aromatic carbocycles. The molecule has 0 bridgehead atoms. The second kappa shape index (κ2) is 8.24. The van der Waals surface area contributed by atoms with Crippen molar-refractivity contribution in [3.8, 4) is 0 Å². The van der Waals surface area contributed by atoms with Gasteiger partial charge in [-0.15, -0.1) is 11.3 Å². The summed E-state index contributed by atoms with van der Waals surface area (Å²) >= 11 is 1.79. The van der Waals surface area contributed by atoms with Gasteiger partial charge in [-0.1, -0.05) is 0 Å². The van der Waals surface area contributed by atoms with Gasteiger partial charge in [-0.05, 0) is 32.9 Å². The number of nitrogens with one attached hydrogen (secondary N) is 1. The van der Waals surface area contributed by atoms with Crippen LogP contribution in [-0.2, 0) is 14.3 Å². The molecule has 0 fully saturated rings. The number of carbonyl (C=O) groups is 1. The van der Waals surface area contributed by atoms with Crippen LogP contribution in [0.15, 0.2) is 12.1 Å². The van der Waals surface area contributed by atoms with Crippen molar-refractivity contribution in [3.63, 3.8) is 0 Å². The van der Waals surface area contributed by atoms with E-state index in [2.05, 4.69) is 31.3 Å². The first kappa shape index (κ1) is 15.1. The lowest BCUT2D eigenvalue weighted by Gasteiger charge is -2.12. The highest BCUT2D eigenvalue weighted by Gasteiger charge is 2.06. The van der Waals surface area contributed by atoms with E-state index in [1.807, 2.05) is 0 Å². The second-order valence-electron chi connectivity index (χ2n) is 3.98. The first-order valence-electron chi connectivity index (χ1n) is 6.16. The van der Waals surface area contributed by atoms with E-state index in [0.29, 0.717) is 19.3 Å². The molecule has 1 atom stereocenters. The highest BCUT2D eigenvalue weighted by molar-refractivity contribution is 7.12. The highest BCUT2D eigenvalue weighted by atomic mass is 32.1. The first-order chi connectivity index (χ1) is 8.63. The van der Waals surface area contributed by atoms with E-state index in [9.17, 15) is 4.79 Å². The van der Waals surface area contributed by atoms with E-state index in [1.54, 1.807) is 18.3 Å². The molecular formula is C13H21NO3S. The summed E-state index contributed by atoms with van der Waals surface area (Å²) in [5.74, 6) is -0.306. The summed E-state index contributed by atoms with van der Waals surface area (Å²) in [6, 6.07) is 4.57. The van der Waals surface area contributed by atoms with E-state index in [1.165, 1.54) is 9.75 Å². The summed E-state index contributed by atoms with van der Waals surface area (Å²) in [5, 5.41) is 3.35. The summed E-state index contributed by atoms with van der Waals surface area (Å²) < 4.78 is 9.96. The number of carbonyl (C=O) groups excluding carboxylic acids is 1. The van der Waals surface area contributed by atoms with Crippen LogP contribution in [-0.4, -0.2) is 32.3 Å². The predicted octanol–water partition coefficient (Wildman–Crippen LogP) is 2.29. The molecule has 1 aromatic rings. The number of hydrogen-bond acceptors (Lipinski definition) is 5. The Kier molecular flexibility index (Phi) is 6.93. The second-order valence-corrected chi connectivity index (χ2v) is 5.30. The van der Waals surface area contributed by atoms with Crippen LogP contribution in [0.4, 0.5) is 0 Å². The van der Waals surface area contributed by atoms with Gasteiger partial charge in [0.2, 0.25) is 0 Å². The minimum absolute atomic E-state index is 0.0298. The summed E-state index contributed by atoms with van der Waals surface area (Å²) in [6.45, 7) is 7.66. The number of rotatable bonds is 8. The molecule has 0 aliphatic rings. The van der Waals surface area contributed by atoms with Gasteiger partial charge in [-0.25, -0.2) is 4.79 Å². The Hall–Kier alpha value is -0.910. The Balaban J connectivity index is 2.09. The molecule has 1 heterocycles. The summed E-state index contributed by atoms with van der Waals surface area (Å²) in [4.78, 5) is 13.6. The lowest BCUT2D eigenvalue weighted by Crippen LogP contribution is -2.24. The number of esters is 1. The van der Waals surface area contributed by atoms with Gasteiger partial charge in [0, 0.05) is 22.3 Å². The molecule has 18 heavy (non-hydrogen) atoms. The van der Waals surface area contributed by atoms with Crippen molar-refractivity contribution < 1.29 is 14.3 Å². The largest absolute Gasteiger partial charge is 0.464 e. The Morgan fingerprint density at radius 3 is 2.89 bits per heavy atom. The predicted molar refractivity (Wildman–Crippen MR) is 72.9 cm³/mol. The molecule has 0 saturated heterocycles. The fraction of sp³-hybridized carbons (Fsp3) is 0.615. The third-order valence-electron chi connectivity index (χ3n) is 2.41. The molecule has 0 aliphatic heterocycles. The van der Waals surface area contributed by atoms with Gasteiger partial charge in [0.25, 0.3) is 0 Å². The maximum atomic E-state index is 11.0. The fourth-order valence-electron chi connectivity index (χ4n) is 1.49. The fourth-order valence-corrected chi connectivity index (χ4v) is 2.40. The van der Waals surface area contributed by atoms with Gasteiger partial charge in [-0.3, -0.25) is 0 Å². The Morgan fingerprint density at radius 1 is 1.50 bits per heavy atom. The monoisotopic (exact) mass is 271 g/mol. The molecule has 1 rings (SSSR count). The van der Waals surface area contributed by atoms with Crippen LogP contribution in [0.25, 0.3) is 0 Å². The van der Waals surface area contributed by atoms with E-state index >= 15 is 0 Å². The van der Waals surface area contributed by atoms with Gasteiger partial charge in [0.15, 0.2) is 0 Å². The zero-order valence-corrected chi connectivity index (χ0v) is 12.0. The maximum Gasteiger partial charge on any atom is 0.332 e. The molecule has 0 spiro atoms. The van der Waals surface area contributed by atoms with Crippen molar-refractivity contribution in [3.05, 3.63) is 21.9 Å². The molecule has 4 nitrogen and oxygen atoms in total. The number of thiophene rings is 1. The molecule has 0 saturated carbocycles. The number of hydrogen-bond donors (Lipinski definition) is 1. The summed E-state index contributed by atoms with van der Waals surface area (Å²) in [6.07, 6.45) is 0. The van der Waals surface area contributed by atoms with E-state index in [-0.39, 0.29) is 12.6 Å². The van der Waals surface area contributed by atoms with Crippen molar-refractivity contribution in [2.24, 2.45) is 0 Å². The molecule has 102 valence electrons. The van der Waals surface area contributed by atoms with E-state index < -0.39 is 0 Å². The van der Waals surface area contributed by atoms with Crippen molar-refractivity contribution >= 4 is 17.3 Å². The lowest BCUT2D eigenvalue weighted by atomic mass is 10.3. The minimum atomic E-state index is -0.306. The normalized spacial score (nSPS) is 12.4. The molecule has 1 N–H and O–H groups in total. The number of aryl methyl sites for hydroxylation is 1. The standard InChI is InChI=1S/C13H21NO3S/c1-4-17-13(15)9-16-8-7-14-11(3)12-6-5-10(2)18-12/h5-6,11,14H,4,7-9H2,1-3H3. The lowest BCUT2D eigenvalue weighted by molar-refractivity contribution is -0.148. The summed E-state index contributed by atoms with van der Waals surface area (Å²) in [7, 11) is 0. The molecular weight excluding hydrogens is 250 g/mol. The van der Waals surface area contributed by atoms with Crippen LogP contribution in [0.3, 0.4) is 0 Å². The quantitative estimate of drug-likeness (QED) is 0.582. The first-order valence-corrected chi connectivity index (χ1v) is 6.98. The van der Waals surface area contributed by atoms with E-state index in [0.717, 1.165) is 6.54 Å². The number of ether oxygens (including phenoxy) is 2. The maximum absolute atomic E-state index is 11.0. The molecule has 1 aromatic heterocycles. The Bertz CT molecular complexity index is 365. The van der Waals surface area contributed by atoms with Gasteiger partial charge in [-0.2, -0.15) is 0 Å². The van der Waals surface area contributed by atoms with Gasteiger partial charge in [0.05, 0.1) is 13.2 Å². The van der Waals surface area contributed by atoms with Crippen LogP contribution >= 0.6 is 11.3 Å². The van der Waals surface area contributed by atoms with Crippen LogP contribution < -0.4 is 5.32 Å². The molecule has 5 heteroatoms. The van der Waals surface area contributed by atoms with Gasteiger partial charge in [0.1, 0.15) is 6.61 Å². The third kappa shape index (κ3) is 5.62. The average Bonchev–Trinajstić information content (AvgIpc) is 2.75. The van der Waals surface area contributed by atoms with Crippen LogP contribution in [0.5, 0.6) is 0 Å². The zero-order chi connectivity index (χ0) is 13.4. The highest BCUT2D eigenvalue weighted by Crippen LogP contribution is 2.21. The van der Waals surface area contributed by atoms with Crippen molar-refractivity contribution in [2.45, 2.75) is 26.8 Å². The molecule has 0 aliphatic carbocycles. The Labute approximate surface area is 112 Å². The van der Waals surface area contributed by atoms with Crippen molar-refractivity contribution in [2.75, 3.05) is 26.4 Å². The van der Waals surface area contributed by atoms with Gasteiger partial charge >= 0.3 is 5.97 Å². The average molecular weight is 271 g/mol. The van der Waals surface area contributed by atoms with Gasteiger partial charge < -0.3 is 14.8 Å². The summed E-state index contributed by atoms with van der Waals surface area (Å²) in [5.41, 5.74) is 0. The van der Waals surface area contributed by atoms with Crippen LogP contribution in [0, 0.1) is 6.92 Å². The van der Waals surface area contributed by atoms with Crippen LogP contribution in [0.2, 0.25) is 0 Å². The van der Waals surface area contributed by atoms with Crippen LogP contribution in [0.1, 0.15) is 29.6 Å². The van der Waals surface area contributed by atoms with Crippen molar-refractivity contribution in [1.29, 1.82) is 0 Å². The SMILES string of the molecule is CCOC(=O)COCCNC(C)c1ccc(C)s1. The molecule has 0 amide bonds. The zero-order valence-electron chi connectivity index (χ0n) is 11.2. The minimum Gasteiger partial charge on any atom is -0.464 e. The Morgan fingerprint density at radius 2 is 2.28 bits per heavy atom. The smallest absolute Gasteiger partial charge is 0.332 e. The third-order valence-corrected chi connectivity index (χ3v) is 3.59. The molecule has 0 radical (unpaired) electrons. The van der Waals surface area contributed by atoms with E-state index in [4.69, 9.17) is 9.47 Å².